The Bertz CT molecular complexity index is 402. The van der Waals surface area contributed by atoms with E-state index >= 15 is 0 Å². The van der Waals surface area contributed by atoms with Gasteiger partial charge in [-0.15, -0.1) is 0 Å². The van der Waals surface area contributed by atoms with E-state index in [2.05, 4.69) is 15.9 Å². The summed E-state index contributed by atoms with van der Waals surface area (Å²) < 4.78 is 13.7. The highest BCUT2D eigenvalue weighted by molar-refractivity contribution is 9.10. The quantitative estimate of drug-likeness (QED) is 0.925. The van der Waals surface area contributed by atoms with E-state index in [9.17, 15) is 14.3 Å². The largest absolute Gasteiger partial charge is 0.382 e. The topological polar surface area (TPSA) is 37.3 Å². The van der Waals surface area contributed by atoms with Crippen LogP contribution in [0.2, 0.25) is 0 Å². The first-order valence-corrected chi connectivity index (χ1v) is 5.85. The van der Waals surface area contributed by atoms with Gasteiger partial charge in [-0.3, -0.25) is 4.79 Å². The molecule has 0 heterocycles. The zero-order valence-electron chi connectivity index (χ0n) is 9.26. The molecule has 1 N–H and O–H groups in total. The van der Waals surface area contributed by atoms with Crippen molar-refractivity contribution in [3.63, 3.8) is 0 Å². The molecule has 0 aliphatic rings. The Morgan fingerprint density at radius 3 is 2.75 bits per heavy atom. The Morgan fingerprint density at radius 2 is 2.19 bits per heavy atom. The van der Waals surface area contributed by atoms with Gasteiger partial charge in [0.2, 0.25) is 0 Å². The van der Waals surface area contributed by atoms with E-state index < -0.39 is 5.60 Å². The van der Waals surface area contributed by atoms with Crippen LogP contribution in [0.4, 0.5) is 4.39 Å². The highest BCUT2D eigenvalue weighted by atomic mass is 79.9. The zero-order valence-corrected chi connectivity index (χ0v) is 10.8. The number of hydrogen-bond acceptors (Lipinski definition) is 2. The molecule has 2 nitrogen and oxygen atoms in total. The van der Waals surface area contributed by atoms with Crippen molar-refractivity contribution in [3.05, 3.63) is 34.1 Å². The monoisotopic (exact) mass is 288 g/mol. The van der Waals surface area contributed by atoms with E-state index in [4.69, 9.17) is 0 Å². The second-order valence-electron chi connectivity index (χ2n) is 3.96. The number of Topliss-reactive ketones (excluding diaryl/α,β-unsaturated/α-hetero) is 1. The standard InChI is InChI=1S/C12H14BrFO2/c1-3-12(2,16)11(15)7-8-6-9(14)4-5-10(8)13/h4-6,16H,3,7H2,1-2H3. The molecule has 1 atom stereocenters. The van der Waals surface area contributed by atoms with Gasteiger partial charge >= 0.3 is 0 Å². The van der Waals surface area contributed by atoms with Crippen LogP contribution in [0, 0.1) is 5.82 Å². The highest BCUT2D eigenvalue weighted by Gasteiger charge is 2.27. The molecule has 1 unspecified atom stereocenters. The first kappa shape index (κ1) is 13.3. The smallest absolute Gasteiger partial charge is 0.168 e. The molecule has 16 heavy (non-hydrogen) atoms. The number of rotatable bonds is 4. The Labute approximate surface area is 103 Å². The minimum absolute atomic E-state index is 0.0270. The Kier molecular flexibility index (Phi) is 4.21. The average Bonchev–Trinajstić information content (AvgIpc) is 2.23. The molecular weight excluding hydrogens is 275 g/mol. The van der Waals surface area contributed by atoms with Crippen LogP contribution < -0.4 is 0 Å². The molecule has 1 aromatic rings. The normalized spacial score (nSPS) is 14.6. The molecule has 0 aliphatic carbocycles. The van der Waals surface area contributed by atoms with Crippen LogP contribution in [0.3, 0.4) is 0 Å². The van der Waals surface area contributed by atoms with Crippen molar-refractivity contribution in [2.45, 2.75) is 32.3 Å². The summed E-state index contributed by atoms with van der Waals surface area (Å²) >= 11 is 3.25. The van der Waals surface area contributed by atoms with Gasteiger partial charge in [-0.05, 0) is 37.1 Å². The van der Waals surface area contributed by atoms with Gasteiger partial charge < -0.3 is 5.11 Å². The van der Waals surface area contributed by atoms with E-state index in [1.54, 1.807) is 13.0 Å². The summed E-state index contributed by atoms with van der Waals surface area (Å²) in [4.78, 5) is 11.7. The molecule has 0 saturated carbocycles. The molecule has 0 saturated heterocycles. The molecule has 1 rings (SSSR count). The van der Waals surface area contributed by atoms with Crippen LogP contribution in [0.1, 0.15) is 25.8 Å². The molecule has 88 valence electrons. The summed E-state index contributed by atoms with van der Waals surface area (Å²) in [5.74, 6) is -0.691. The number of halogens is 2. The summed E-state index contributed by atoms with van der Waals surface area (Å²) in [5.41, 5.74) is -0.787. The van der Waals surface area contributed by atoms with Gasteiger partial charge in [0.1, 0.15) is 11.4 Å². The second-order valence-corrected chi connectivity index (χ2v) is 4.82. The van der Waals surface area contributed by atoms with Gasteiger partial charge in [0, 0.05) is 10.9 Å². The maximum absolute atomic E-state index is 13.0. The van der Waals surface area contributed by atoms with Gasteiger partial charge in [0.05, 0.1) is 0 Å². The van der Waals surface area contributed by atoms with E-state index in [0.29, 0.717) is 16.5 Å². The molecule has 0 spiro atoms. The van der Waals surface area contributed by atoms with Crippen molar-refractivity contribution in [3.8, 4) is 0 Å². The number of hydrogen-bond donors (Lipinski definition) is 1. The average molecular weight is 289 g/mol. The number of carbonyl (C=O) groups excluding carboxylic acids is 1. The molecule has 0 aliphatic heterocycles. The maximum atomic E-state index is 13.0. The number of carbonyl (C=O) groups is 1. The number of ketones is 1. The second kappa shape index (κ2) is 5.06. The first-order valence-electron chi connectivity index (χ1n) is 5.06. The van der Waals surface area contributed by atoms with Crippen molar-refractivity contribution in [1.82, 2.24) is 0 Å². The summed E-state index contributed by atoms with van der Waals surface area (Å²) in [6.45, 7) is 3.21. The molecule has 0 radical (unpaired) electrons. The van der Waals surface area contributed by atoms with Crippen LogP contribution in [-0.4, -0.2) is 16.5 Å². The maximum Gasteiger partial charge on any atom is 0.168 e. The zero-order chi connectivity index (χ0) is 12.3. The predicted molar refractivity (Wildman–Crippen MR) is 63.7 cm³/mol. The summed E-state index contributed by atoms with van der Waals surface area (Å²) in [6.07, 6.45) is 0.373. The van der Waals surface area contributed by atoms with E-state index in [1.165, 1.54) is 19.1 Å². The van der Waals surface area contributed by atoms with Crippen LogP contribution in [0.5, 0.6) is 0 Å². The third-order valence-corrected chi connectivity index (χ3v) is 3.42. The van der Waals surface area contributed by atoms with Crippen LogP contribution in [0.25, 0.3) is 0 Å². The molecule has 4 heteroatoms. The summed E-state index contributed by atoms with van der Waals surface area (Å²) in [6, 6.07) is 4.17. The molecular formula is C12H14BrFO2. The van der Waals surface area contributed by atoms with Crippen molar-refractivity contribution >= 4 is 21.7 Å². The van der Waals surface area contributed by atoms with Crippen LogP contribution >= 0.6 is 15.9 Å². The lowest BCUT2D eigenvalue weighted by Crippen LogP contribution is -2.35. The number of aliphatic hydroxyl groups is 1. The molecule has 0 aromatic heterocycles. The Balaban J connectivity index is 2.89. The fraction of sp³-hybridized carbons (Fsp3) is 0.417. The lowest BCUT2D eigenvalue weighted by atomic mass is 9.93. The summed E-state index contributed by atoms with van der Waals surface area (Å²) in [5, 5.41) is 9.75. The van der Waals surface area contributed by atoms with Gasteiger partial charge in [0.25, 0.3) is 0 Å². The van der Waals surface area contributed by atoms with E-state index in [1.807, 2.05) is 0 Å². The van der Waals surface area contributed by atoms with E-state index in [-0.39, 0.29) is 18.0 Å². The number of benzene rings is 1. The fourth-order valence-electron chi connectivity index (χ4n) is 1.24. The Morgan fingerprint density at radius 1 is 1.56 bits per heavy atom. The van der Waals surface area contributed by atoms with Gasteiger partial charge in [-0.25, -0.2) is 4.39 Å². The third-order valence-electron chi connectivity index (χ3n) is 2.65. The van der Waals surface area contributed by atoms with Crippen LogP contribution in [0.15, 0.2) is 22.7 Å². The SMILES string of the molecule is CCC(C)(O)C(=O)Cc1cc(F)ccc1Br. The summed E-state index contributed by atoms with van der Waals surface area (Å²) in [7, 11) is 0. The van der Waals surface area contributed by atoms with Crippen molar-refractivity contribution in [2.24, 2.45) is 0 Å². The fourth-order valence-corrected chi connectivity index (χ4v) is 1.63. The third kappa shape index (κ3) is 3.12. The highest BCUT2D eigenvalue weighted by Crippen LogP contribution is 2.21. The molecule has 0 amide bonds. The molecule has 0 fully saturated rings. The van der Waals surface area contributed by atoms with Crippen molar-refractivity contribution < 1.29 is 14.3 Å². The molecule has 1 aromatic carbocycles. The van der Waals surface area contributed by atoms with Gasteiger partial charge in [-0.1, -0.05) is 22.9 Å². The van der Waals surface area contributed by atoms with E-state index in [0.717, 1.165) is 0 Å². The first-order chi connectivity index (χ1) is 7.36. The lowest BCUT2D eigenvalue weighted by molar-refractivity contribution is -0.135. The van der Waals surface area contributed by atoms with Crippen LogP contribution in [-0.2, 0) is 11.2 Å². The van der Waals surface area contributed by atoms with Gasteiger partial charge in [-0.2, -0.15) is 0 Å². The minimum atomic E-state index is -1.34. The van der Waals surface area contributed by atoms with Crippen molar-refractivity contribution in [2.75, 3.05) is 0 Å². The predicted octanol–water partition coefficient (Wildman–Crippen LogP) is 2.86. The minimum Gasteiger partial charge on any atom is -0.382 e. The molecule has 0 bridgehead atoms. The lowest BCUT2D eigenvalue weighted by Gasteiger charge is -2.19. The van der Waals surface area contributed by atoms with Gasteiger partial charge in [0.15, 0.2) is 5.78 Å². The van der Waals surface area contributed by atoms with Crippen molar-refractivity contribution in [1.29, 1.82) is 0 Å². The Hall–Kier alpha value is -0.740.